The highest BCUT2D eigenvalue weighted by molar-refractivity contribution is 6.71. The van der Waals surface area contributed by atoms with Crippen LogP contribution >= 0.6 is 0 Å². The van der Waals surface area contributed by atoms with Crippen LogP contribution in [0.3, 0.4) is 0 Å². The molecule has 2 nitrogen and oxygen atoms in total. The minimum Gasteiger partial charge on any atom is -0.519 e. The highest BCUT2D eigenvalue weighted by Gasteiger charge is 2.58. The van der Waals surface area contributed by atoms with Crippen molar-refractivity contribution in [2.75, 3.05) is 0 Å². The molecular weight excluding hydrogens is 336 g/mol. The van der Waals surface area contributed by atoms with Crippen LogP contribution in [0.4, 0.5) is 0 Å². The second-order valence-corrected chi connectivity index (χ2v) is 15.1. The summed E-state index contributed by atoms with van der Waals surface area (Å²) in [6.45, 7) is 15.6. The van der Waals surface area contributed by atoms with Gasteiger partial charge in [-0.25, -0.2) is 0 Å². The summed E-state index contributed by atoms with van der Waals surface area (Å²) < 4.78 is 6.04. The van der Waals surface area contributed by atoms with E-state index in [0.717, 1.165) is 25.7 Å². The van der Waals surface area contributed by atoms with Gasteiger partial charge >= 0.3 is 0 Å². The van der Waals surface area contributed by atoms with E-state index in [9.17, 15) is 4.79 Å². The molecule has 0 radical (unpaired) electrons. The van der Waals surface area contributed by atoms with Crippen LogP contribution in [-0.4, -0.2) is 14.3 Å². The zero-order valence-corrected chi connectivity index (χ0v) is 19.0. The van der Waals surface area contributed by atoms with E-state index in [1.807, 2.05) is 0 Å². The highest BCUT2D eigenvalue weighted by Crippen LogP contribution is 2.63. The van der Waals surface area contributed by atoms with Gasteiger partial charge in [0.2, 0.25) is 8.32 Å². The summed E-state index contributed by atoms with van der Waals surface area (Å²) in [4.78, 5) is 13.2. The van der Waals surface area contributed by atoms with Gasteiger partial charge in [0.25, 0.3) is 5.97 Å². The number of allylic oxidation sites excluding steroid dienone is 4. The highest BCUT2D eigenvalue weighted by atomic mass is 28.4. The number of hydrogen-bond donors (Lipinski definition) is 0. The van der Waals surface area contributed by atoms with Crippen molar-refractivity contribution in [3.63, 3.8) is 0 Å². The van der Waals surface area contributed by atoms with Gasteiger partial charge in [-0.2, -0.15) is 0 Å². The van der Waals surface area contributed by atoms with Crippen molar-refractivity contribution in [1.29, 1.82) is 0 Å². The van der Waals surface area contributed by atoms with E-state index in [1.165, 1.54) is 24.8 Å². The van der Waals surface area contributed by atoms with Crippen LogP contribution in [0.1, 0.15) is 72.6 Å². The monoisotopic (exact) mass is 374 g/mol. The summed E-state index contributed by atoms with van der Waals surface area (Å²) in [5.74, 6) is 1.22. The zero-order chi connectivity index (χ0) is 19.3. The SMILES string of the molecule is CC(C)=C1C=C2CCC3[C@](C)(CCC[C@@]3(C)C(=O)O[Si](C)(C)C)C2CC1. The molecule has 3 rings (SSSR count). The Morgan fingerprint density at radius 2 is 1.81 bits per heavy atom. The molecule has 0 aromatic rings. The van der Waals surface area contributed by atoms with Crippen molar-refractivity contribution in [3.05, 3.63) is 22.8 Å². The lowest BCUT2D eigenvalue weighted by molar-refractivity contribution is -0.162. The molecule has 0 aliphatic heterocycles. The van der Waals surface area contributed by atoms with E-state index >= 15 is 0 Å². The van der Waals surface area contributed by atoms with Gasteiger partial charge in [0.05, 0.1) is 5.41 Å². The molecule has 0 amide bonds. The topological polar surface area (TPSA) is 26.3 Å². The Bertz CT molecular complexity index is 650. The Kier molecular flexibility index (Phi) is 5.09. The summed E-state index contributed by atoms with van der Waals surface area (Å²) >= 11 is 0. The maximum absolute atomic E-state index is 13.2. The molecule has 146 valence electrons. The maximum Gasteiger partial charge on any atom is 0.298 e. The summed E-state index contributed by atoms with van der Waals surface area (Å²) in [7, 11) is -1.86. The van der Waals surface area contributed by atoms with Crippen LogP contribution in [0.2, 0.25) is 19.6 Å². The Labute approximate surface area is 161 Å². The van der Waals surface area contributed by atoms with Crippen molar-refractivity contribution >= 4 is 14.3 Å². The van der Waals surface area contributed by atoms with Crippen LogP contribution in [-0.2, 0) is 9.22 Å². The first-order valence-electron chi connectivity index (χ1n) is 10.6. The molecule has 2 saturated carbocycles. The number of hydrogen-bond acceptors (Lipinski definition) is 2. The minimum absolute atomic E-state index is 0.0980. The number of carbonyl (C=O) groups is 1. The van der Waals surface area contributed by atoms with Gasteiger partial charge in [-0.3, -0.25) is 4.79 Å². The molecule has 3 aliphatic rings. The third-order valence-electron chi connectivity index (χ3n) is 7.51. The summed E-state index contributed by atoms with van der Waals surface area (Å²) in [6.07, 6.45) is 10.7. The van der Waals surface area contributed by atoms with E-state index < -0.39 is 8.32 Å². The molecule has 0 aromatic carbocycles. The number of carbonyl (C=O) groups excluding carboxylic acids is 1. The minimum atomic E-state index is -1.86. The third kappa shape index (κ3) is 3.36. The molecule has 2 unspecified atom stereocenters. The van der Waals surface area contributed by atoms with Gasteiger partial charge in [-0.15, -0.1) is 0 Å². The molecule has 0 spiro atoms. The second-order valence-electron chi connectivity index (χ2n) is 10.7. The predicted octanol–water partition coefficient (Wildman–Crippen LogP) is 6.64. The lowest BCUT2D eigenvalue weighted by Gasteiger charge is -2.58. The average molecular weight is 375 g/mol. The van der Waals surface area contributed by atoms with E-state index in [4.69, 9.17) is 4.43 Å². The molecule has 3 heteroatoms. The van der Waals surface area contributed by atoms with Crippen molar-refractivity contribution in [1.82, 2.24) is 0 Å². The molecule has 0 saturated heterocycles. The van der Waals surface area contributed by atoms with Gasteiger partial charge in [-0.1, -0.05) is 30.6 Å². The average Bonchev–Trinajstić information content (AvgIpc) is 2.52. The fourth-order valence-corrected chi connectivity index (χ4v) is 6.99. The third-order valence-corrected chi connectivity index (χ3v) is 8.31. The molecule has 0 heterocycles. The van der Waals surface area contributed by atoms with Crippen LogP contribution in [0.25, 0.3) is 0 Å². The Balaban J connectivity index is 1.93. The van der Waals surface area contributed by atoms with Gasteiger partial charge in [0.1, 0.15) is 0 Å². The standard InChI is InChI=1S/C23H38O2Si/c1-16(2)17-9-11-19-18(15-17)10-12-20-22(19,3)13-8-14-23(20,4)21(24)25-26(5,6)7/h15,19-20H,8-14H2,1-7H3/t19?,20?,22-,23-/m1/s1. The van der Waals surface area contributed by atoms with Crippen LogP contribution < -0.4 is 0 Å². The summed E-state index contributed by atoms with van der Waals surface area (Å²) in [5.41, 5.74) is 4.64. The normalized spacial score (nSPS) is 37.3. The summed E-state index contributed by atoms with van der Waals surface area (Å²) in [5, 5.41) is 0. The first-order chi connectivity index (χ1) is 12.0. The number of fused-ring (bicyclic) bond motifs is 3. The zero-order valence-electron chi connectivity index (χ0n) is 18.0. The Hall–Kier alpha value is -0.833. The molecule has 4 atom stereocenters. The first kappa shape index (κ1) is 19.9. The molecule has 0 aromatic heterocycles. The van der Waals surface area contributed by atoms with Gasteiger partial charge in [0, 0.05) is 0 Å². The van der Waals surface area contributed by atoms with E-state index in [0.29, 0.717) is 11.8 Å². The Morgan fingerprint density at radius 1 is 1.12 bits per heavy atom. The van der Waals surface area contributed by atoms with Crippen molar-refractivity contribution in [2.24, 2.45) is 22.7 Å². The predicted molar refractivity (Wildman–Crippen MR) is 111 cm³/mol. The fraction of sp³-hybridized carbons (Fsp3) is 0.783. The maximum atomic E-state index is 13.2. The Morgan fingerprint density at radius 3 is 2.42 bits per heavy atom. The van der Waals surface area contributed by atoms with Crippen molar-refractivity contribution in [2.45, 2.75) is 92.3 Å². The molecule has 26 heavy (non-hydrogen) atoms. The van der Waals surface area contributed by atoms with E-state index in [-0.39, 0.29) is 16.8 Å². The quantitative estimate of drug-likeness (QED) is 0.506. The molecule has 0 bridgehead atoms. The molecule has 0 N–H and O–H groups in total. The van der Waals surface area contributed by atoms with Crippen molar-refractivity contribution < 1.29 is 9.22 Å². The molecule has 3 aliphatic carbocycles. The van der Waals surface area contributed by atoms with Gasteiger partial charge in [0.15, 0.2) is 0 Å². The molecular formula is C23H38O2Si. The lowest BCUT2D eigenvalue weighted by Crippen LogP contribution is -2.55. The van der Waals surface area contributed by atoms with Crippen LogP contribution in [0, 0.1) is 22.7 Å². The van der Waals surface area contributed by atoms with E-state index in [1.54, 1.807) is 11.1 Å². The van der Waals surface area contributed by atoms with Gasteiger partial charge in [-0.05, 0) is 102 Å². The van der Waals surface area contributed by atoms with Crippen molar-refractivity contribution in [3.8, 4) is 0 Å². The second kappa shape index (κ2) is 6.65. The van der Waals surface area contributed by atoms with E-state index in [2.05, 4.69) is 53.4 Å². The smallest absolute Gasteiger partial charge is 0.298 e. The van der Waals surface area contributed by atoms with Crippen LogP contribution in [0.15, 0.2) is 22.8 Å². The number of rotatable bonds is 2. The lowest BCUT2D eigenvalue weighted by atomic mass is 9.46. The largest absolute Gasteiger partial charge is 0.519 e. The molecule has 2 fully saturated rings. The first-order valence-corrected chi connectivity index (χ1v) is 14.0. The fourth-order valence-electron chi connectivity index (χ4n) is 6.20. The van der Waals surface area contributed by atoms with Crippen LogP contribution in [0.5, 0.6) is 0 Å². The summed E-state index contributed by atoms with van der Waals surface area (Å²) in [6, 6.07) is 0. The van der Waals surface area contributed by atoms with Gasteiger partial charge < -0.3 is 4.43 Å².